The van der Waals surface area contributed by atoms with Crippen LogP contribution in [0.15, 0.2) is 35.3 Å². The lowest BCUT2D eigenvalue weighted by atomic mass is 10.1. The minimum Gasteiger partial charge on any atom is -0.351 e. The summed E-state index contributed by atoms with van der Waals surface area (Å²) >= 11 is 0.768. The van der Waals surface area contributed by atoms with E-state index in [1.165, 1.54) is 0 Å². The van der Waals surface area contributed by atoms with Gasteiger partial charge < -0.3 is 15.1 Å². The van der Waals surface area contributed by atoms with E-state index in [1.54, 1.807) is 27.3 Å². The predicted octanol–water partition coefficient (Wildman–Crippen LogP) is 3.71. The molecule has 16 heteroatoms. The Morgan fingerprint density at radius 1 is 1.12 bits per heavy atom. The second kappa shape index (κ2) is 11.6. The van der Waals surface area contributed by atoms with Crippen molar-refractivity contribution >= 4 is 49.7 Å². The Kier molecular flexibility index (Phi) is 8.05. The molecule has 0 bridgehead atoms. The van der Waals surface area contributed by atoms with Gasteiger partial charge in [0, 0.05) is 51.4 Å². The first kappa shape index (κ1) is 29.9. The number of alkyl halides is 3. The van der Waals surface area contributed by atoms with Gasteiger partial charge in [-0.05, 0) is 44.0 Å². The smallest absolute Gasteiger partial charge is 0.351 e. The van der Waals surface area contributed by atoms with Gasteiger partial charge in [0.05, 0.1) is 21.6 Å². The molecule has 0 saturated carbocycles. The van der Waals surface area contributed by atoms with Gasteiger partial charge in [-0.3, -0.25) is 28.9 Å². The lowest BCUT2D eigenvalue weighted by molar-refractivity contribution is -0.383. The molecule has 12 nitrogen and oxygen atoms in total. The minimum absolute atomic E-state index is 0.120. The summed E-state index contributed by atoms with van der Waals surface area (Å²) in [5.74, 6) is -0.406. The van der Waals surface area contributed by atoms with E-state index in [9.17, 15) is 37.7 Å². The van der Waals surface area contributed by atoms with Crippen molar-refractivity contribution in [1.82, 2.24) is 24.6 Å². The molecule has 0 spiro atoms. The number of carbonyl (C=O) groups excluding carboxylic acids is 2. The number of fused-ring (bicyclic) bond motifs is 2. The second-order valence-corrected chi connectivity index (χ2v) is 11.1. The number of pyridine rings is 1. The molecule has 4 aromatic rings. The first-order chi connectivity index (χ1) is 20.3. The van der Waals surface area contributed by atoms with E-state index in [-0.39, 0.29) is 47.7 Å². The number of anilines is 1. The molecule has 43 heavy (non-hydrogen) atoms. The quantitative estimate of drug-likeness (QED) is 0.188. The molecular weight excluding hydrogens is 591 g/mol. The van der Waals surface area contributed by atoms with E-state index in [4.69, 9.17) is 0 Å². The zero-order valence-electron chi connectivity index (χ0n) is 23.1. The second-order valence-electron chi connectivity index (χ2n) is 10.1. The molecule has 1 fully saturated rings. The van der Waals surface area contributed by atoms with Gasteiger partial charge in [-0.25, -0.2) is 4.98 Å². The number of aryl methyl sites for hydroxylation is 2. The van der Waals surface area contributed by atoms with Crippen LogP contribution in [0, 0.1) is 24.0 Å². The highest BCUT2D eigenvalue weighted by Crippen LogP contribution is 2.38. The Morgan fingerprint density at radius 2 is 1.84 bits per heavy atom. The highest BCUT2D eigenvalue weighted by molar-refractivity contribution is 7.22. The largest absolute Gasteiger partial charge is 0.416 e. The lowest BCUT2D eigenvalue weighted by Gasteiger charge is -2.35. The summed E-state index contributed by atoms with van der Waals surface area (Å²) in [7, 11) is 0. The molecule has 1 aliphatic rings. The standard InChI is InChI=1S/C27H26F3N7O5S/c1-15-5-7-36-20(12-15)32-16(2)22(36)25(40)31-6-3-4-21(38)34-8-10-35(11-9-34)26-33-24(39)18-13-17(27(28,29)30)14-19(37(41)42)23(18)43-26/h5,7,12-14H,3-4,6,8-11H2,1-2H3,(H,31,40). The molecule has 2 amide bonds. The fourth-order valence-electron chi connectivity index (χ4n) is 4.94. The van der Waals surface area contributed by atoms with E-state index in [1.807, 2.05) is 19.1 Å². The molecular formula is C27H26F3N7O5S. The van der Waals surface area contributed by atoms with E-state index in [0.29, 0.717) is 48.7 Å². The third-order valence-corrected chi connectivity index (χ3v) is 8.31. The van der Waals surface area contributed by atoms with Gasteiger partial charge in [0.2, 0.25) is 5.91 Å². The van der Waals surface area contributed by atoms with E-state index in [0.717, 1.165) is 16.9 Å². The average molecular weight is 618 g/mol. The fourth-order valence-corrected chi connectivity index (χ4v) is 6.06. The maximum atomic E-state index is 13.2. The van der Waals surface area contributed by atoms with Crippen molar-refractivity contribution in [3.05, 3.63) is 73.4 Å². The van der Waals surface area contributed by atoms with Crippen LogP contribution in [0.25, 0.3) is 15.7 Å². The molecule has 0 atom stereocenters. The van der Waals surface area contributed by atoms with Crippen molar-refractivity contribution < 1.29 is 27.7 Å². The number of aromatic nitrogens is 3. The van der Waals surface area contributed by atoms with Crippen molar-refractivity contribution in [2.24, 2.45) is 0 Å². The van der Waals surface area contributed by atoms with Crippen LogP contribution in [0.1, 0.15) is 40.2 Å². The topological polar surface area (TPSA) is 143 Å². The van der Waals surface area contributed by atoms with Gasteiger partial charge in [0.1, 0.15) is 16.0 Å². The first-order valence-corrected chi connectivity index (χ1v) is 14.1. The molecule has 1 saturated heterocycles. The molecule has 226 valence electrons. The number of nitrogens with one attached hydrogen (secondary N) is 1. The summed E-state index contributed by atoms with van der Waals surface area (Å²) in [5.41, 5.74) is -0.359. The maximum absolute atomic E-state index is 13.2. The zero-order chi connectivity index (χ0) is 31.1. The Balaban J connectivity index is 1.17. The molecule has 5 rings (SSSR count). The highest BCUT2D eigenvalue weighted by Gasteiger charge is 2.34. The number of imidazole rings is 1. The van der Waals surface area contributed by atoms with Crippen LogP contribution in [-0.2, 0) is 11.0 Å². The summed E-state index contributed by atoms with van der Waals surface area (Å²) < 4.78 is 41.2. The number of non-ortho nitro benzene ring substituents is 1. The predicted molar refractivity (Wildman–Crippen MR) is 153 cm³/mol. The summed E-state index contributed by atoms with van der Waals surface area (Å²) in [6.45, 7) is 5.13. The summed E-state index contributed by atoms with van der Waals surface area (Å²) in [4.78, 5) is 60.4. The number of piperazine rings is 1. The Hall–Kier alpha value is -4.60. The molecule has 0 aliphatic carbocycles. The monoisotopic (exact) mass is 617 g/mol. The van der Waals surface area contributed by atoms with Crippen LogP contribution in [0.5, 0.6) is 0 Å². The highest BCUT2D eigenvalue weighted by atomic mass is 32.1. The van der Waals surface area contributed by atoms with Crippen molar-refractivity contribution in [1.29, 1.82) is 0 Å². The molecule has 0 unspecified atom stereocenters. The summed E-state index contributed by atoms with van der Waals surface area (Å²) in [5, 5.41) is 14.0. The number of rotatable bonds is 7. The van der Waals surface area contributed by atoms with Crippen LogP contribution >= 0.6 is 11.3 Å². The van der Waals surface area contributed by atoms with Crippen LogP contribution < -0.4 is 15.8 Å². The van der Waals surface area contributed by atoms with Crippen molar-refractivity contribution in [3.63, 3.8) is 0 Å². The van der Waals surface area contributed by atoms with Crippen LogP contribution in [-0.4, -0.2) is 68.7 Å². The van der Waals surface area contributed by atoms with Crippen molar-refractivity contribution in [2.45, 2.75) is 32.9 Å². The fraction of sp³-hybridized carbons (Fsp3) is 0.370. The van der Waals surface area contributed by atoms with Crippen molar-refractivity contribution in [2.75, 3.05) is 37.6 Å². The first-order valence-electron chi connectivity index (χ1n) is 13.3. The zero-order valence-corrected chi connectivity index (χ0v) is 23.9. The molecule has 4 heterocycles. The third-order valence-electron chi connectivity index (χ3n) is 7.14. The van der Waals surface area contributed by atoms with Crippen LogP contribution in [0.4, 0.5) is 24.0 Å². The van der Waals surface area contributed by atoms with Gasteiger partial charge in [-0.2, -0.15) is 18.2 Å². The van der Waals surface area contributed by atoms with E-state index in [2.05, 4.69) is 15.3 Å². The van der Waals surface area contributed by atoms with Gasteiger partial charge >= 0.3 is 6.18 Å². The Morgan fingerprint density at radius 3 is 2.51 bits per heavy atom. The number of amides is 2. The number of carbonyl (C=O) groups is 2. The molecule has 1 N–H and O–H groups in total. The molecule has 3 aromatic heterocycles. The Labute approximate surface area is 245 Å². The number of hydrogen-bond donors (Lipinski definition) is 1. The van der Waals surface area contributed by atoms with Gasteiger partial charge in [-0.15, -0.1) is 0 Å². The Bertz CT molecular complexity index is 1810. The number of nitro groups is 1. The average Bonchev–Trinajstić information content (AvgIpc) is 3.28. The minimum atomic E-state index is -4.86. The van der Waals surface area contributed by atoms with Crippen LogP contribution in [0.2, 0.25) is 0 Å². The number of benzene rings is 1. The van der Waals surface area contributed by atoms with Gasteiger partial charge in [0.15, 0.2) is 5.13 Å². The number of halogens is 3. The van der Waals surface area contributed by atoms with Crippen molar-refractivity contribution in [3.8, 4) is 0 Å². The molecule has 1 aromatic carbocycles. The lowest BCUT2D eigenvalue weighted by Crippen LogP contribution is -2.49. The molecule has 0 radical (unpaired) electrons. The summed E-state index contributed by atoms with van der Waals surface area (Å²) in [6.07, 6.45) is -2.46. The number of nitro benzene ring substituents is 1. The molecule has 1 aliphatic heterocycles. The maximum Gasteiger partial charge on any atom is 0.416 e. The van der Waals surface area contributed by atoms with Gasteiger partial charge in [0.25, 0.3) is 17.2 Å². The van der Waals surface area contributed by atoms with E-state index < -0.39 is 33.3 Å². The third kappa shape index (κ3) is 6.14. The van der Waals surface area contributed by atoms with Crippen LogP contribution in [0.3, 0.4) is 0 Å². The SMILES string of the molecule is Cc1ccn2c(C(=O)NCCCC(=O)N3CCN(c4nc(=O)c5cc(C(F)(F)F)cc([N+](=O)[O-])c5s4)CC3)c(C)nc2c1. The van der Waals surface area contributed by atoms with Gasteiger partial charge in [-0.1, -0.05) is 11.3 Å². The number of hydrogen-bond acceptors (Lipinski definition) is 9. The summed E-state index contributed by atoms with van der Waals surface area (Å²) in [6, 6.07) is 4.77. The number of nitrogens with zero attached hydrogens (tertiary/aromatic N) is 6. The van der Waals surface area contributed by atoms with E-state index >= 15 is 0 Å². The normalized spacial score (nSPS) is 14.0.